The van der Waals surface area contributed by atoms with Gasteiger partial charge in [0.2, 0.25) is 0 Å². The van der Waals surface area contributed by atoms with Gasteiger partial charge in [0.25, 0.3) is 0 Å². The standard InChI is InChI=1S/C21H32O5/c1-13(2)17-7-5-14(3)9-19(17)24-11-16-12-25-21(26-16)15-6-8-18(22)20(10-15)23-4/h6,8,10,13-14,16-17,19,21-22H,5,7,9,11-12H2,1-4H3/t14-,16?,17+,19-,21?/m1/s1. The van der Waals surface area contributed by atoms with E-state index in [2.05, 4.69) is 20.8 Å². The molecule has 5 nitrogen and oxygen atoms in total. The molecular weight excluding hydrogens is 332 g/mol. The van der Waals surface area contributed by atoms with Crippen LogP contribution < -0.4 is 4.74 Å². The number of methoxy groups -OCH3 is 1. The van der Waals surface area contributed by atoms with Gasteiger partial charge >= 0.3 is 0 Å². The van der Waals surface area contributed by atoms with Crippen molar-refractivity contribution < 1.29 is 24.1 Å². The van der Waals surface area contributed by atoms with Gasteiger partial charge in [0.05, 0.1) is 26.4 Å². The van der Waals surface area contributed by atoms with Crippen molar-refractivity contribution in [2.24, 2.45) is 17.8 Å². The molecule has 2 aliphatic rings. The van der Waals surface area contributed by atoms with Gasteiger partial charge < -0.3 is 24.1 Å². The van der Waals surface area contributed by atoms with Gasteiger partial charge in [-0.1, -0.05) is 33.3 Å². The molecule has 26 heavy (non-hydrogen) atoms. The predicted molar refractivity (Wildman–Crippen MR) is 99.3 cm³/mol. The molecule has 0 amide bonds. The second-order valence-electron chi connectivity index (χ2n) is 8.05. The van der Waals surface area contributed by atoms with Crippen molar-refractivity contribution in [1.82, 2.24) is 0 Å². The van der Waals surface area contributed by atoms with Gasteiger partial charge in [-0.05, 0) is 42.7 Å². The topological polar surface area (TPSA) is 57.2 Å². The van der Waals surface area contributed by atoms with E-state index in [0.717, 1.165) is 17.9 Å². The first kappa shape index (κ1) is 19.5. The van der Waals surface area contributed by atoms with Crippen LogP contribution in [0.25, 0.3) is 0 Å². The van der Waals surface area contributed by atoms with Crippen LogP contribution in [0.2, 0.25) is 0 Å². The summed E-state index contributed by atoms with van der Waals surface area (Å²) in [6.07, 6.45) is 3.50. The lowest BCUT2D eigenvalue weighted by Gasteiger charge is -2.37. The maximum atomic E-state index is 9.72. The molecule has 5 heteroatoms. The molecule has 5 atom stereocenters. The third kappa shape index (κ3) is 4.51. The molecular formula is C21H32O5. The smallest absolute Gasteiger partial charge is 0.184 e. The summed E-state index contributed by atoms with van der Waals surface area (Å²) in [5, 5.41) is 9.72. The van der Waals surface area contributed by atoms with Crippen molar-refractivity contribution >= 4 is 0 Å². The lowest BCUT2D eigenvalue weighted by molar-refractivity contribution is -0.0993. The van der Waals surface area contributed by atoms with Crippen molar-refractivity contribution in [2.45, 2.75) is 58.5 Å². The van der Waals surface area contributed by atoms with Crippen LogP contribution in [0.3, 0.4) is 0 Å². The lowest BCUT2D eigenvalue weighted by atomic mass is 9.75. The second-order valence-corrected chi connectivity index (χ2v) is 8.05. The largest absolute Gasteiger partial charge is 0.504 e. The normalized spacial score (nSPS) is 32.1. The summed E-state index contributed by atoms with van der Waals surface area (Å²) in [6, 6.07) is 5.14. The molecule has 3 rings (SSSR count). The highest BCUT2D eigenvalue weighted by atomic mass is 16.7. The Labute approximate surface area is 156 Å². The zero-order valence-corrected chi connectivity index (χ0v) is 16.3. The summed E-state index contributed by atoms with van der Waals surface area (Å²) in [4.78, 5) is 0. The number of rotatable bonds is 6. The number of hydrogen-bond acceptors (Lipinski definition) is 5. The molecule has 0 bridgehead atoms. The fraction of sp³-hybridized carbons (Fsp3) is 0.714. The van der Waals surface area contributed by atoms with Gasteiger partial charge in [0.1, 0.15) is 6.10 Å². The first-order valence-electron chi connectivity index (χ1n) is 9.73. The monoisotopic (exact) mass is 364 g/mol. The van der Waals surface area contributed by atoms with Crippen LogP contribution in [-0.2, 0) is 14.2 Å². The molecule has 146 valence electrons. The lowest BCUT2D eigenvalue weighted by Crippen LogP contribution is -2.36. The average molecular weight is 364 g/mol. The minimum absolute atomic E-state index is 0.0650. The number of phenols is 1. The Balaban J connectivity index is 1.54. The minimum Gasteiger partial charge on any atom is -0.504 e. The average Bonchev–Trinajstić information content (AvgIpc) is 3.09. The van der Waals surface area contributed by atoms with E-state index in [1.54, 1.807) is 18.2 Å². The Bertz CT molecular complexity index is 588. The number of hydrogen-bond donors (Lipinski definition) is 1. The summed E-state index contributed by atoms with van der Waals surface area (Å²) < 4.78 is 23.2. The highest BCUT2D eigenvalue weighted by Gasteiger charge is 2.34. The van der Waals surface area contributed by atoms with Gasteiger partial charge in [0, 0.05) is 5.56 Å². The summed E-state index contributed by atoms with van der Waals surface area (Å²) in [5.74, 6) is 2.54. The van der Waals surface area contributed by atoms with E-state index < -0.39 is 6.29 Å². The predicted octanol–water partition coefficient (Wildman–Crippen LogP) is 4.29. The van der Waals surface area contributed by atoms with Gasteiger partial charge in [0.15, 0.2) is 17.8 Å². The molecule has 1 heterocycles. The Morgan fingerprint density at radius 3 is 2.81 bits per heavy atom. The van der Waals surface area contributed by atoms with E-state index in [-0.39, 0.29) is 11.9 Å². The van der Waals surface area contributed by atoms with Crippen molar-refractivity contribution in [2.75, 3.05) is 20.3 Å². The third-order valence-electron chi connectivity index (χ3n) is 5.68. The van der Waals surface area contributed by atoms with Crippen molar-refractivity contribution in [3.05, 3.63) is 23.8 Å². The van der Waals surface area contributed by atoms with Crippen LogP contribution in [0.1, 0.15) is 51.9 Å². The van der Waals surface area contributed by atoms with Gasteiger partial charge in [-0.25, -0.2) is 0 Å². The van der Waals surface area contributed by atoms with Crippen molar-refractivity contribution in [3.8, 4) is 11.5 Å². The number of phenolic OH excluding ortho intramolecular Hbond substituents is 1. The molecule has 1 aliphatic heterocycles. The summed E-state index contributed by atoms with van der Waals surface area (Å²) in [6.45, 7) is 7.98. The number of ether oxygens (including phenoxy) is 4. The molecule has 1 N–H and O–H groups in total. The Morgan fingerprint density at radius 2 is 2.08 bits per heavy atom. The van der Waals surface area contributed by atoms with Crippen LogP contribution >= 0.6 is 0 Å². The molecule has 1 aliphatic carbocycles. The van der Waals surface area contributed by atoms with E-state index in [4.69, 9.17) is 18.9 Å². The van der Waals surface area contributed by atoms with Crippen molar-refractivity contribution in [3.63, 3.8) is 0 Å². The van der Waals surface area contributed by atoms with Crippen LogP contribution in [0.15, 0.2) is 18.2 Å². The first-order chi connectivity index (χ1) is 12.5. The quantitative estimate of drug-likeness (QED) is 0.816. The zero-order valence-electron chi connectivity index (χ0n) is 16.3. The number of aromatic hydroxyl groups is 1. The highest BCUT2D eigenvalue weighted by molar-refractivity contribution is 5.42. The van der Waals surface area contributed by atoms with E-state index in [0.29, 0.717) is 36.9 Å². The van der Waals surface area contributed by atoms with Crippen LogP contribution in [-0.4, -0.2) is 37.6 Å². The fourth-order valence-corrected chi connectivity index (χ4v) is 4.09. The SMILES string of the molecule is COc1cc(C2OCC(CO[C@@H]3C[C@H](C)CC[C@H]3C(C)C)O2)ccc1O. The molecule has 1 saturated heterocycles. The highest BCUT2D eigenvalue weighted by Crippen LogP contribution is 2.37. The van der Waals surface area contributed by atoms with E-state index in [1.807, 2.05) is 0 Å². The third-order valence-corrected chi connectivity index (χ3v) is 5.68. The molecule has 0 radical (unpaired) electrons. The molecule has 1 saturated carbocycles. The molecule has 2 fully saturated rings. The van der Waals surface area contributed by atoms with Crippen LogP contribution in [0.4, 0.5) is 0 Å². The molecule has 2 unspecified atom stereocenters. The van der Waals surface area contributed by atoms with Crippen molar-refractivity contribution in [1.29, 1.82) is 0 Å². The second kappa shape index (κ2) is 8.59. The van der Waals surface area contributed by atoms with Gasteiger partial charge in [-0.2, -0.15) is 0 Å². The number of benzene rings is 1. The molecule has 0 spiro atoms. The Morgan fingerprint density at radius 1 is 1.27 bits per heavy atom. The summed E-state index contributed by atoms with van der Waals surface area (Å²) in [7, 11) is 1.53. The van der Waals surface area contributed by atoms with Gasteiger partial charge in [-0.3, -0.25) is 0 Å². The summed E-state index contributed by atoms with van der Waals surface area (Å²) >= 11 is 0. The van der Waals surface area contributed by atoms with Crippen LogP contribution in [0, 0.1) is 17.8 Å². The fourth-order valence-electron chi connectivity index (χ4n) is 4.09. The van der Waals surface area contributed by atoms with Crippen LogP contribution in [0.5, 0.6) is 11.5 Å². The maximum Gasteiger partial charge on any atom is 0.184 e. The minimum atomic E-state index is -0.440. The zero-order chi connectivity index (χ0) is 18.7. The van der Waals surface area contributed by atoms with E-state index >= 15 is 0 Å². The van der Waals surface area contributed by atoms with Gasteiger partial charge in [-0.15, -0.1) is 0 Å². The van der Waals surface area contributed by atoms with E-state index in [9.17, 15) is 5.11 Å². The summed E-state index contributed by atoms with van der Waals surface area (Å²) in [5.41, 5.74) is 0.841. The Kier molecular flexibility index (Phi) is 6.43. The van der Waals surface area contributed by atoms with E-state index in [1.165, 1.54) is 20.0 Å². The first-order valence-corrected chi connectivity index (χ1v) is 9.73. The molecule has 0 aromatic heterocycles. The molecule has 1 aromatic rings. The Hall–Kier alpha value is -1.30. The molecule has 1 aromatic carbocycles. The maximum absolute atomic E-state index is 9.72.